The van der Waals surface area contributed by atoms with Crippen LogP contribution in [0.4, 0.5) is 10.5 Å². The van der Waals surface area contributed by atoms with Gasteiger partial charge in [-0.1, -0.05) is 17.7 Å². The number of nitrogens with one attached hydrogen (secondary N) is 1. The molecular formula is C21H27N2O2S+. The number of fused-ring (bicyclic) bond motifs is 2. The summed E-state index contributed by atoms with van der Waals surface area (Å²) < 4.78 is 6.90. The van der Waals surface area contributed by atoms with Crippen LogP contribution in [0.1, 0.15) is 31.2 Å². The number of rotatable bonds is 3. The summed E-state index contributed by atoms with van der Waals surface area (Å²) >= 11 is 1.68. The van der Waals surface area contributed by atoms with Gasteiger partial charge in [-0.25, -0.2) is 4.79 Å². The van der Waals surface area contributed by atoms with Gasteiger partial charge in [-0.2, -0.15) is 0 Å². The number of quaternary nitrogens is 1. The Morgan fingerprint density at radius 2 is 1.92 bits per heavy atom. The van der Waals surface area contributed by atoms with E-state index in [9.17, 15) is 4.79 Å². The van der Waals surface area contributed by atoms with Crippen molar-refractivity contribution in [3.63, 3.8) is 0 Å². The molecule has 0 spiro atoms. The van der Waals surface area contributed by atoms with Gasteiger partial charge in [0.15, 0.2) is 0 Å². The summed E-state index contributed by atoms with van der Waals surface area (Å²) in [7, 11) is 4.64. The van der Waals surface area contributed by atoms with Crippen molar-refractivity contribution in [2.45, 2.75) is 50.8 Å². The first kappa shape index (κ1) is 17.6. The van der Waals surface area contributed by atoms with Gasteiger partial charge in [0.25, 0.3) is 0 Å². The maximum Gasteiger partial charge on any atom is 0.411 e. The lowest BCUT2D eigenvalue weighted by Gasteiger charge is -2.43. The van der Waals surface area contributed by atoms with Crippen LogP contribution in [0.15, 0.2) is 35.7 Å². The summed E-state index contributed by atoms with van der Waals surface area (Å²) in [5.74, 6) is 0. The first-order valence-electron chi connectivity index (χ1n) is 9.39. The first-order chi connectivity index (χ1) is 12.4. The van der Waals surface area contributed by atoms with E-state index in [4.69, 9.17) is 4.74 Å². The van der Waals surface area contributed by atoms with Crippen LogP contribution in [0.2, 0.25) is 0 Å². The Labute approximate surface area is 159 Å². The number of amides is 1. The number of hydrogen-bond donors (Lipinski definition) is 1. The Balaban J connectivity index is 1.45. The van der Waals surface area contributed by atoms with Crippen LogP contribution in [-0.2, 0) is 4.74 Å². The average Bonchev–Trinajstić information content (AvgIpc) is 3.13. The highest BCUT2D eigenvalue weighted by molar-refractivity contribution is 7.13. The quantitative estimate of drug-likeness (QED) is 0.768. The summed E-state index contributed by atoms with van der Waals surface area (Å²) in [5, 5.41) is 5.04. The van der Waals surface area contributed by atoms with Crippen LogP contribution >= 0.6 is 11.3 Å². The van der Waals surface area contributed by atoms with Crippen molar-refractivity contribution < 1.29 is 14.0 Å². The molecule has 2 aromatic rings. The Bertz CT molecular complexity index is 784. The van der Waals surface area contributed by atoms with E-state index >= 15 is 0 Å². The van der Waals surface area contributed by atoms with Crippen molar-refractivity contribution >= 4 is 23.1 Å². The van der Waals surface area contributed by atoms with E-state index in [0.29, 0.717) is 12.1 Å². The number of anilines is 1. The summed E-state index contributed by atoms with van der Waals surface area (Å²) in [6.45, 7) is 2.07. The van der Waals surface area contributed by atoms with Crippen molar-refractivity contribution in [3.8, 4) is 10.4 Å². The van der Waals surface area contributed by atoms with Gasteiger partial charge in [0.2, 0.25) is 0 Å². The van der Waals surface area contributed by atoms with Gasteiger partial charge < -0.3 is 9.22 Å². The number of piperidine rings is 1. The standard InChI is InChI=1S/C21H26N2O2S/c1-14-6-9-19(18(11-14)20-5-4-10-26-20)22-21(24)25-17-12-15-7-8-16(13-17)23(15,2)3/h4-6,9-11,15-17H,7-8,12-13H2,1-3H3/p+1. The molecule has 5 heteroatoms. The fourth-order valence-corrected chi connectivity index (χ4v) is 5.38. The van der Waals surface area contributed by atoms with Gasteiger partial charge in [-0.3, -0.25) is 5.32 Å². The van der Waals surface area contributed by atoms with E-state index < -0.39 is 0 Å². The molecule has 1 amide bonds. The molecule has 2 fully saturated rings. The van der Waals surface area contributed by atoms with Crippen LogP contribution in [-0.4, -0.2) is 42.9 Å². The normalized spacial score (nSPS) is 26.5. The number of nitrogens with zero attached hydrogens (tertiary/aromatic N) is 1. The predicted molar refractivity (Wildman–Crippen MR) is 107 cm³/mol. The minimum Gasteiger partial charge on any atom is -0.445 e. The van der Waals surface area contributed by atoms with Gasteiger partial charge in [0.05, 0.1) is 31.9 Å². The Hall–Kier alpha value is -1.85. The third-order valence-corrected chi connectivity index (χ3v) is 7.16. The Kier molecular flexibility index (Phi) is 4.53. The van der Waals surface area contributed by atoms with E-state index in [1.165, 1.54) is 18.4 Å². The molecule has 2 atom stereocenters. The maximum atomic E-state index is 12.5. The predicted octanol–water partition coefficient (Wildman–Crippen LogP) is 5.04. The second-order valence-electron chi connectivity index (χ2n) is 8.16. The fraction of sp³-hybridized carbons (Fsp3) is 0.476. The molecular weight excluding hydrogens is 344 g/mol. The van der Waals surface area contributed by atoms with Crippen molar-refractivity contribution in [3.05, 3.63) is 41.3 Å². The third-order valence-electron chi connectivity index (χ3n) is 6.26. The molecule has 2 aliphatic rings. The topological polar surface area (TPSA) is 38.3 Å². The number of ether oxygens (including phenoxy) is 1. The van der Waals surface area contributed by atoms with Crippen molar-refractivity contribution in [2.75, 3.05) is 19.4 Å². The molecule has 2 bridgehead atoms. The van der Waals surface area contributed by atoms with Gasteiger partial charge >= 0.3 is 6.09 Å². The zero-order valence-electron chi connectivity index (χ0n) is 15.7. The Morgan fingerprint density at radius 3 is 2.58 bits per heavy atom. The highest BCUT2D eigenvalue weighted by Gasteiger charge is 2.49. The maximum absolute atomic E-state index is 12.5. The highest BCUT2D eigenvalue weighted by atomic mass is 32.1. The number of aryl methyl sites for hydroxylation is 1. The van der Waals surface area contributed by atoms with E-state index in [-0.39, 0.29) is 12.2 Å². The molecule has 138 valence electrons. The molecule has 4 nitrogen and oxygen atoms in total. The molecule has 2 aliphatic heterocycles. The molecule has 1 N–H and O–H groups in total. The Morgan fingerprint density at radius 1 is 1.19 bits per heavy atom. The van der Waals surface area contributed by atoms with Crippen LogP contribution in [0.3, 0.4) is 0 Å². The van der Waals surface area contributed by atoms with Gasteiger partial charge in [0.1, 0.15) is 6.10 Å². The van der Waals surface area contributed by atoms with Gasteiger partial charge in [0, 0.05) is 36.1 Å². The molecule has 2 unspecified atom stereocenters. The van der Waals surface area contributed by atoms with E-state index in [1.807, 2.05) is 18.2 Å². The van der Waals surface area contributed by atoms with E-state index in [0.717, 1.165) is 33.5 Å². The average molecular weight is 372 g/mol. The van der Waals surface area contributed by atoms with Crippen LogP contribution in [0.5, 0.6) is 0 Å². The van der Waals surface area contributed by atoms with Crippen molar-refractivity contribution in [2.24, 2.45) is 0 Å². The van der Waals surface area contributed by atoms with E-state index in [1.54, 1.807) is 11.3 Å². The third kappa shape index (κ3) is 3.26. The van der Waals surface area contributed by atoms with Crippen molar-refractivity contribution in [1.82, 2.24) is 0 Å². The lowest BCUT2D eigenvalue weighted by atomic mass is 9.98. The second kappa shape index (κ2) is 6.71. The lowest BCUT2D eigenvalue weighted by molar-refractivity contribution is -0.931. The number of thiophene rings is 1. The molecule has 0 saturated carbocycles. The summed E-state index contributed by atoms with van der Waals surface area (Å²) in [5.41, 5.74) is 3.05. The largest absolute Gasteiger partial charge is 0.445 e. The van der Waals surface area contributed by atoms with Crippen LogP contribution in [0.25, 0.3) is 10.4 Å². The highest BCUT2D eigenvalue weighted by Crippen LogP contribution is 2.40. The monoisotopic (exact) mass is 371 g/mol. The van der Waals surface area contributed by atoms with Gasteiger partial charge in [-0.05, 0) is 30.5 Å². The molecule has 1 aromatic carbocycles. The molecule has 4 rings (SSSR count). The van der Waals surface area contributed by atoms with Gasteiger partial charge in [-0.15, -0.1) is 11.3 Å². The van der Waals surface area contributed by atoms with Crippen molar-refractivity contribution in [1.29, 1.82) is 0 Å². The second-order valence-corrected chi connectivity index (χ2v) is 9.11. The number of carbonyl (C=O) groups excluding carboxylic acids is 1. The molecule has 1 aromatic heterocycles. The first-order valence-corrected chi connectivity index (χ1v) is 10.3. The minimum absolute atomic E-state index is 0.0364. The van der Waals surface area contributed by atoms with Crippen LogP contribution < -0.4 is 5.32 Å². The number of carbonyl (C=O) groups is 1. The fourth-order valence-electron chi connectivity index (χ4n) is 4.62. The smallest absolute Gasteiger partial charge is 0.411 e. The zero-order valence-corrected chi connectivity index (χ0v) is 16.5. The SMILES string of the molecule is Cc1ccc(NC(=O)OC2CC3CCC(C2)[N+]3(C)C)c(-c2cccs2)c1. The molecule has 0 aliphatic carbocycles. The molecule has 2 saturated heterocycles. The van der Waals surface area contributed by atoms with Crippen LogP contribution in [0, 0.1) is 6.92 Å². The zero-order chi connectivity index (χ0) is 18.3. The summed E-state index contributed by atoms with van der Waals surface area (Å²) in [6.07, 6.45) is 4.15. The summed E-state index contributed by atoms with van der Waals surface area (Å²) in [4.78, 5) is 13.7. The van der Waals surface area contributed by atoms with E-state index in [2.05, 4.69) is 43.8 Å². The molecule has 3 heterocycles. The number of benzene rings is 1. The molecule has 26 heavy (non-hydrogen) atoms. The lowest BCUT2D eigenvalue weighted by Crippen LogP contribution is -2.56. The molecule has 0 radical (unpaired) electrons. The minimum atomic E-state index is -0.330. The summed E-state index contributed by atoms with van der Waals surface area (Å²) in [6, 6.07) is 11.4. The number of hydrogen-bond acceptors (Lipinski definition) is 3.